The first-order valence-electron chi connectivity index (χ1n) is 6.68. The van der Waals surface area contributed by atoms with E-state index in [1.54, 1.807) is 6.92 Å². The van der Waals surface area contributed by atoms with Crippen molar-refractivity contribution >= 4 is 5.97 Å². The highest BCUT2D eigenvalue weighted by Crippen LogP contribution is 2.02. The number of hydrogen-bond acceptors (Lipinski definition) is 5. The minimum atomic E-state index is -0.589. The van der Waals surface area contributed by atoms with Crippen molar-refractivity contribution in [1.82, 2.24) is 15.1 Å². The van der Waals surface area contributed by atoms with Crippen LogP contribution in [0.15, 0.2) is 6.07 Å². The van der Waals surface area contributed by atoms with Crippen molar-refractivity contribution in [2.75, 3.05) is 19.7 Å². The standard InChI is InChI=1S/C13H24N4O2/c1-4-19-13(18)12(14)9-15-6-5-7-17-11(3)8-10(2)16-17/h8,12,15H,4-7,9,14H2,1-3H3. The molecule has 0 aromatic carbocycles. The highest BCUT2D eigenvalue weighted by molar-refractivity contribution is 5.75. The molecule has 0 bridgehead atoms. The topological polar surface area (TPSA) is 82.2 Å². The Labute approximate surface area is 114 Å². The lowest BCUT2D eigenvalue weighted by atomic mass is 10.3. The number of aryl methyl sites for hydroxylation is 3. The predicted octanol–water partition coefficient (Wildman–Crippen LogP) is 0.370. The average Bonchev–Trinajstić information content (AvgIpc) is 2.67. The molecule has 0 saturated heterocycles. The van der Waals surface area contributed by atoms with Crippen LogP contribution in [0.5, 0.6) is 0 Å². The molecule has 0 fully saturated rings. The molecule has 0 radical (unpaired) electrons. The Kier molecular flexibility index (Phi) is 6.52. The second kappa shape index (κ2) is 7.91. The highest BCUT2D eigenvalue weighted by atomic mass is 16.5. The third kappa shape index (κ3) is 5.40. The molecule has 1 unspecified atom stereocenters. The molecule has 0 spiro atoms. The van der Waals surface area contributed by atoms with E-state index in [1.807, 2.05) is 18.5 Å². The fourth-order valence-electron chi connectivity index (χ4n) is 1.85. The maximum absolute atomic E-state index is 11.3. The first-order valence-corrected chi connectivity index (χ1v) is 6.68. The van der Waals surface area contributed by atoms with E-state index in [-0.39, 0.29) is 5.97 Å². The fourth-order valence-corrected chi connectivity index (χ4v) is 1.85. The Morgan fingerprint density at radius 3 is 2.89 bits per heavy atom. The van der Waals surface area contributed by atoms with Crippen LogP contribution in [0.3, 0.4) is 0 Å². The Morgan fingerprint density at radius 1 is 1.58 bits per heavy atom. The number of carbonyl (C=O) groups excluding carboxylic acids is 1. The summed E-state index contributed by atoms with van der Waals surface area (Å²) in [4.78, 5) is 11.3. The molecule has 1 aromatic rings. The molecule has 1 heterocycles. The summed E-state index contributed by atoms with van der Waals surface area (Å²) in [5.74, 6) is -0.353. The number of nitrogens with one attached hydrogen (secondary N) is 1. The third-order valence-electron chi connectivity index (χ3n) is 2.78. The molecular formula is C13H24N4O2. The molecule has 0 aliphatic carbocycles. The number of ether oxygens (including phenoxy) is 1. The van der Waals surface area contributed by atoms with Crippen molar-refractivity contribution in [3.8, 4) is 0 Å². The summed E-state index contributed by atoms with van der Waals surface area (Å²) in [5.41, 5.74) is 7.87. The minimum absolute atomic E-state index is 0.353. The molecule has 0 aliphatic heterocycles. The van der Waals surface area contributed by atoms with Gasteiger partial charge in [0.15, 0.2) is 0 Å². The lowest BCUT2D eigenvalue weighted by molar-refractivity contribution is -0.144. The molecule has 19 heavy (non-hydrogen) atoms. The van der Waals surface area contributed by atoms with Gasteiger partial charge in [-0.15, -0.1) is 0 Å². The van der Waals surface area contributed by atoms with Crippen molar-refractivity contribution in [1.29, 1.82) is 0 Å². The van der Waals surface area contributed by atoms with E-state index >= 15 is 0 Å². The van der Waals surface area contributed by atoms with E-state index in [2.05, 4.69) is 16.5 Å². The maximum atomic E-state index is 11.3. The zero-order valence-corrected chi connectivity index (χ0v) is 12.0. The van der Waals surface area contributed by atoms with Gasteiger partial charge in [0.1, 0.15) is 6.04 Å². The van der Waals surface area contributed by atoms with Crippen LogP contribution >= 0.6 is 0 Å². The molecule has 0 saturated carbocycles. The Morgan fingerprint density at radius 2 is 2.32 bits per heavy atom. The smallest absolute Gasteiger partial charge is 0.324 e. The summed E-state index contributed by atoms with van der Waals surface area (Å²) in [7, 11) is 0. The van der Waals surface area contributed by atoms with Crippen LogP contribution in [0.1, 0.15) is 24.7 Å². The van der Waals surface area contributed by atoms with Crippen molar-refractivity contribution < 1.29 is 9.53 Å². The first kappa shape index (κ1) is 15.7. The quantitative estimate of drug-likeness (QED) is 0.526. The first-order chi connectivity index (χ1) is 9.04. The molecule has 1 aromatic heterocycles. The SMILES string of the molecule is CCOC(=O)C(N)CNCCCn1nc(C)cc1C. The molecular weight excluding hydrogens is 244 g/mol. The van der Waals surface area contributed by atoms with Gasteiger partial charge in [-0.3, -0.25) is 9.48 Å². The molecule has 1 atom stereocenters. The molecule has 6 nitrogen and oxygen atoms in total. The predicted molar refractivity (Wildman–Crippen MR) is 73.8 cm³/mol. The van der Waals surface area contributed by atoms with E-state index in [4.69, 9.17) is 10.5 Å². The number of rotatable bonds is 8. The van der Waals surface area contributed by atoms with E-state index in [9.17, 15) is 4.79 Å². The van der Waals surface area contributed by atoms with Gasteiger partial charge in [-0.2, -0.15) is 5.10 Å². The largest absolute Gasteiger partial charge is 0.465 e. The Hall–Kier alpha value is -1.40. The van der Waals surface area contributed by atoms with Gasteiger partial charge in [0.25, 0.3) is 0 Å². The molecule has 3 N–H and O–H groups in total. The zero-order valence-electron chi connectivity index (χ0n) is 12.0. The summed E-state index contributed by atoms with van der Waals surface area (Å²) in [6.45, 7) is 8.27. The zero-order chi connectivity index (χ0) is 14.3. The Bertz CT molecular complexity index is 403. The number of aromatic nitrogens is 2. The van der Waals surface area contributed by atoms with E-state index in [1.165, 1.54) is 5.69 Å². The molecule has 1 rings (SSSR count). The van der Waals surface area contributed by atoms with Gasteiger partial charge in [0, 0.05) is 18.8 Å². The van der Waals surface area contributed by atoms with Crippen molar-refractivity contribution in [3.05, 3.63) is 17.5 Å². The minimum Gasteiger partial charge on any atom is -0.465 e. The van der Waals surface area contributed by atoms with E-state index in [0.717, 1.165) is 25.2 Å². The average molecular weight is 268 g/mol. The highest BCUT2D eigenvalue weighted by Gasteiger charge is 2.13. The summed E-state index contributed by atoms with van der Waals surface area (Å²) >= 11 is 0. The number of hydrogen-bond donors (Lipinski definition) is 2. The summed E-state index contributed by atoms with van der Waals surface area (Å²) in [6, 6.07) is 1.47. The third-order valence-corrected chi connectivity index (χ3v) is 2.78. The van der Waals surface area contributed by atoms with Gasteiger partial charge in [0.2, 0.25) is 0 Å². The van der Waals surface area contributed by atoms with E-state index in [0.29, 0.717) is 13.2 Å². The van der Waals surface area contributed by atoms with Crippen LogP contribution < -0.4 is 11.1 Å². The van der Waals surface area contributed by atoms with Crippen LogP contribution in [0.4, 0.5) is 0 Å². The van der Waals surface area contributed by atoms with Crippen molar-refractivity contribution in [2.45, 2.75) is 39.8 Å². The lowest BCUT2D eigenvalue weighted by Gasteiger charge is -2.11. The van der Waals surface area contributed by atoms with Gasteiger partial charge >= 0.3 is 5.97 Å². The van der Waals surface area contributed by atoms with Crippen LogP contribution in [-0.2, 0) is 16.1 Å². The monoisotopic (exact) mass is 268 g/mol. The molecule has 0 amide bonds. The summed E-state index contributed by atoms with van der Waals surface area (Å²) < 4.78 is 6.82. The molecule has 0 aliphatic rings. The lowest BCUT2D eigenvalue weighted by Crippen LogP contribution is -2.41. The Balaban J connectivity index is 2.14. The molecule has 6 heteroatoms. The van der Waals surface area contributed by atoms with Crippen LogP contribution in [0.25, 0.3) is 0 Å². The normalized spacial score (nSPS) is 12.4. The number of nitrogens with zero attached hydrogens (tertiary/aromatic N) is 2. The van der Waals surface area contributed by atoms with Crippen molar-refractivity contribution in [2.24, 2.45) is 5.73 Å². The number of esters is 1. The molecule has 108 valence electrons. The summed E-state index contributed by atoms with van der Waals surface area (Å²) in [5, 5.41) is 7.54. The second-order valence-electron chi connectivity index (χ2n) is 4.57. The van der Waals surface area contributed by atoms with Crippen LogP contribution in [-0.4, -0.2) is 41.5 Å². The van der Waals surface area contributed by atoms with Gasteiger partial charge in [0.05, 0.1) is 12.3 Å². The fraction of sp³-hybridized carbons (Fsp3) is 0.692. The second-order valence-corrected chi connectivity index (χ2v) is 4.57. The van der Waals surface area contributed by atoms with Gasteiger partial charge in [-0.1, -0.05) is 0 Å². The van der Waals surface area contributed by atoms with Gasteiger partial charge in [-0.25, -0.2) is 0 Å². The van der Waals surface area contributed by atoms with E-state index < -0.39 is 6.04 Å². The maximum Gasteiger partial charge on any atom is 0.324 e. The van der Waals surface area contributed by atoms with Gasteiger partial charge in [-0.05, 0) is 39.8 Å². The van der Waals surface area contributed by atoms with Crippen LogP contribution in [0.2, 0.25) is 0 Å². The summed E-state index contributed by atoms with van der Waals surface area (Å²) in [6.07, 6.45) is 0.942. The number of carbonyl (C=O) groups is 1. The van der Waals surface area contributed by atoms with Gasteiger partial charge < -0.3 is 15.8 Å². The van der Waals surface area contributed by atoms with Crippen LogP contribution in [0, 0.1) is 13.8 Å². The van der Waals surface area contributed by atoms with Crippen molar-refractivity contribution in [3.63, 3.8) is 0 Å². The number of nitrogens with two attached hydrogens (primary N) is 1.